The third-order valence-electron chi connectivity index (χ3n) is 2.79. The number of carbonyl (C=O) groups is 1. The van der Waals surface area contributed by atoms with Crippen molar-refractivity contribution in [2.75, 3.05) is 0 Å². The first-order chi connectivity index (χ1) is 8.12. The van der Waals surface area contributed by atoms with Crippen molar-refractivity contribution in [3.63, 3.8) is 0 Å². The van der Waals surface area contributed by atoms with Gasteiger partial charge in [0.2, 0.25) is 0 Å². The van der Waals surface area contributed by atoms with E-state index in [1.165, 1.54) is 0 Å². The Morgan fingerprint density at radius 3 is 2.22 bits per heavy atom. The first kappa shape index (κ1) is 14.6. The average Bonchev–Trinajstić information content (AvgIpc) is 2.13. The highest BCUT2D eigenvalue weighted by Crippen LogP contribution is 2.40. The lowest BCUT2D eigenvalue weighted by Gasteiger charge is -2.33. The van der Waals surface area contributed by atoms with Crippen molar-refractivity contribution in [1.29, 1.82) is 0 Å². The van der Waals surface area contributed by atoms with E-state index in [0.717, 1.165) is 12.0 Å². The highest BCUT2D eigenvalue weighted by atomic mass is 16.7. The van der Waals surface area contributed by atoms with E-state index in [9.17, 15) is 4.79 Å². The summed E-state index contributed by atoms with van der Waals surface area (Å²) in [5.74, 6) is 0.430. The minimum atomic E-state index is -1.27. The molecule has 0 aliphatic rings. The molecule has 0 aromatic heterocycles. The Morgan fingerprint density at radius 2 is 1.72 bits per heavy atom. The van der Waals surface area contributed by atoms with Gasteiger partial charge in [0.05, 0.1) is 0 Å². The van der Waals surface area contributed by atoms with Crippen molar-refractivity contribution in [2.45, 2.75) is 46.5 Å². The topological polar surface area (TPSA) is 46.5 Å². The molecule has 0 atom stereocenters. The predicted molar refractivity (Wildman–Crippen MR) is 72.2 cm³/mol. The Kier molecular flexibility index (Phi) is 4.05. The minimum absolute atomic E-state index is 0.135. The molecule has 1 N–H and O–H groups in total. The van der Waals surface area contributed by atoms with Gasteiger partial charge in [-0.2, -0.15) is 0 Å². The summed E-state index contributed by atoms with van der Waals surface area (Å²) in [6, 6.07) is 7.33. The van der Waals surface area contributed by atoms with Crippen LogP contribution in [-0.2, 0) is 5.41 Å². The fraction of sp³-hybridized carbons (Fsp3) is 0.533. The Morgan fingerprint density at radius 1 is 1.17 bits per heavy atom. The van der Waals surface area contributed by atoms with Gasteiger partial charge in [0.1, 0.15) is 5.75 Å². The minimum Gasteiger partial charge on any atom is -0.449 e. The van der Waals surface area contributed by atoms with Gasteiger partial charge in [-0.15, -0.1) is 0 Å². The van der Waals surface area contributed by atoms with E-state index >= 15 is 0 Å². The quantitative estimate of drug-likeness (QED) is 0.636. The van der Waals surface area contributed by atoms with Gasteiger partial charge in [-0.25, -0.2) is 4.79 Å². The highest BCUT2D eigenvalue weighted by Gasteiger charge is 2.30. The maximum atomic E-state index is 10.7. The Hall–Kier alpha value is -1.51. The lowest BCUT2D eigenvalue weighted by atomic mass is 9.72. The van der Waals surface area contributed by atoms with E-state index in [1.54, 1.807) is 12.1 Å². The molecule has 0 amide bonds. The molecule has 0 bridgehead atoms. The molecule has 0 fully saturated rings. The number of benzene rings is 1. The van der Waals surface area contributed by atoms with Crippen LogP contribution in [0.4, 0.5) is 4.79 Å². The van der Waals surface area contributed by atoms with Gasteiger partial charge in [-0.05, 0) is 23.3 Å². The molecule has 3 nitrogen and oxygen atoms in total. The van der Waals surface area contributed by atoms with Crippen LogP contribution in [0.2, 0.25) is 0 Å². The molecule has 0 radical (unpaired) electrons. The molecular formula is C15H22O3. The molecule has 0 unspecified atom stereocenters. The first-order valence-corrected chi connectivity index (χ1v) is 6.12. The van der Waals surface area contributed by atoms with E-state index in [4.69, 9.17) is 9.84 Å². The zero-order valence-corrected chi connectivity index (χ0v) is 11.8. The third kappa shape index (κ3) is 4.06. The van der Waals surface area contributed by atoms with Crippen LogP contribution in [0, 0.1) is 5.41 Å². The third-order valence-corrected chi connectivity index (χ3v) is 2.79. The average molecular weight is 250 g/mol. The molecule has 0 spiro atoms. The Labute approximate surface area is 109 Å². The zero-order valence-electron chi connectivity index (χ0n) is 11.8. The van der Waals surface area contributed by atoms with Gasteiger partial charge < -0.3 is 9.84 Å². The number of carboxylic acid groups (broad SMARTS) is 1. The second kappa shape index (κ2) is 5.01. The largest absolute Gasteiger partial charge is 0.511 e. The zero-order chi connectivity index (χ0) is 14.0. The van der Waals surface area contributed by atoms with Gasteiger partial charge in [0, 0.05) is 5.56 Å². The van der Waals surface area contributed by atoms with Crippen LogP contribution < -0.4 is 4.74 Å². The van der Waals surface area contributed by atoms with Gasteiger partial charge >= 0.3 is 6.16 Å². The van der Waals surface area contributed by atoms with Crippen LogP contribution in [0.25, 0.3) is 0 Å². The van der Waals surface area contributed by atoms with Crippen LogP contribution >= 0.6 is 0 Å². The first-order valence-electron chi connectivity index (χ1n) is 6.12. The van der Waals surface area contributed by atoms with Crippen molar-refractivity contribution in [1.82, 2.24) is 0 Å². The highest BCUT2D eigenvalue weighted by molar-refractivity contribution is 5.62. The molecule has 1 aromatic rings. The summed E-state index contributed by atoms with van der Waals surface area (Å²) >= 11 is 0. The van der Waals surface area contributed by atoms with Crippen LogP contribution in [-0.4, -0.2) is 11.3 Å². The van der Waals surface area contributed by atoms with E-state index in [0.29, 0.717) is 5.75 Å². The summed E-state index contributed by atoms with van der Waals surface area (Å²) in [6.45, 7) is 10.8. The molecule has 3 heteroatoms. The fourth-order valence-corrected chi connectivity index (χ4v) is 2.63. The monoisotopic (exact) mass is 250 g/mol. The van der Waals surface area contributed by atoms with Crippen molar-refractivity contribution in [2.24, 2.45) is 5.41 Å². The lowest BCUT2D eigenvalue weighted by Crippen LogP contribution is -2.25. The summed E-state index contributed by atoms with van der Waals surface area (Å²) in [5, 5.41) is 8.77. The van der Waals surface area contributed by atoms with Crippen molar-refractivity contribution >= 4 is 6.16 Å². The molecule has 0 saturated carbocycles. The van der Waals surface area contributed by atoms with Crippen LogP contribution in [0.5, 0.6) is 5.75 Å². The molecule has 1 aromatic carbocycles. The van der Waals surface area contributed by atoms with Crippen molar-refractivity contribution in [3.05, 3.63) is 29.8 Å². The van der Waals surface area contributed by atoms with Crippen molar-refractivity contribution < 1.29 is 14.6 Å². The summed E-state index contributed by atoms with van der Waals surface area (Å²) in [4.78, 5) is 10.7. The lowest BCUT2D eigenvalue weighted by molar-refractivity contribution is 0.143. The molecular weight excluding hydrogens is 228 g/mol. The van der Waals surface area contributed by atoms with E-state index in [1.807, 2.05) is 12.1 Å². The smallest absolute Gasteiger partial charge is 0.449 e. The summed E-state index contributed by atoms with van der Waals surface area (Å²) in [6.07, 6.45) is -0.325. The summed E-state index contributed by atoms with van der Waals surface area (Å²) < 4.78 is 4.86. The molecule has 0 aliphatic carbocycles. The number of hydrogen-bond donors (Lipinski definition) is 1. The predicted octanol–water partition coefficient (Wildman–Crippen LogP) is 4.46. The van der Waals surface area contributed by atoms with Crippen LogP contribution in [0.3, 0.4) is 0 Å². The maximum Gasteiger partial charge on any atom is 0.511 e. The van der Waals surface area contributed by atoms with Gasteiger partial charge in [-0.1, -0.05) is 52.8 Å². The molecule has 0 saturated heterocycles. The Balaban J connectivity index is 3.11. The van der Waals surface area contributed by atoms with Crippen LogP contribution in [0.1, 0.15) is 46.6 Å². The van der Waals surface area contributed by atoms with E-state index in [2.05, 4.69) is 34.6 Å². The second-order valence-electron chi connectivity index (χ2n) is 6.49. The number of rotatable bonds is 3. The fourth-order valence-electron chi connectivity index (χ4n) is 2.63. The standard InChI is InChI=1S/C15H22O3/c1-14(2,3)10-15(4,5)11-8-6-7-9-12(11)18-13(16)17/h6-9H,10H2,1-5H3,(H,16,17). The van der Waals surface area contributed by atoms with Gasteiger partial charge in [0.25, 0.3) is 0 Å². The van der Waals surface area contributed by atoms with Gasteiger partial charge in [0.15, 0.2) is 0 Å². The summed E-state index contributed by atoms with van der Waals surface area (Å²) in [7, 11) is 0. The molecule has 100 valence electrons. The molecule has 1 rings (SSSR count). The number of hydrogen-bond acceptors (Lipinski definition) is 2. The number of ether oxygens (including phenoxy) is 1. The van der Waals surface area contributed by atoms with E-state index < -0.39 is 6.16 Å². The SMILES string of the molecule is CC(C)(C)CC(C)(C)c1ccccc1OC(=O)O. The van der Waals surface area contributed by atoms with E-state index in [-0.39, 0.29) is 10.8 Å². The maximum absolute atomic E-state index is 10.7. The molecule has 0 heterocycles. The molecule has 0 aliphatic heterocycles. The molecule has 18 heavy (non-hydrogen) atoms. The second-order valence-corrected chi connectivity index (χ2v) is 6.49. The van der Waals surface area contributed by atoms with Crippen LogP contribution in [0.15, 0.2) is 24.3 Å². The normalized spacial score (nSPS) is 12.3. The summed E-state index contributed by atoms with van der Waals surface area (Å²) in [5.41, 5.74) is 0.965. The Bertz CT molecular complexity index is 428. The van der Waals surface area contributed by atoms with Gasteiger partial charge in [-0.3, -0.25) is 0 Å². The number of para-hydroxylation sites is 1. The van der Waals surface area contributed by atoms with Crippen molar-refractivity contribution in [3.8, 4) is 5.75 Å².